The van der Waals surface area contributed by atoms with Gasteiger partial charge in [-0.2, -0.15) is 0 Å². The molecular formula is C56H37NO. The molecule has 10 aromatic carbocycles. The van der Waals surface area contributed by atoms with E-state index in [0.717, 1.165) is 50.1 Å². The molecule has 2 nitrogen and oxygen atoms in total. The number of fused-ring (bicyclic) bond motifs is 6. The molecule has 1 heterocycles. The van der Waals surface area contributed by atoms with Gasteiger partial charge < -0.3 is 9.32 Å². The van der Waals surface area contributed by atoms with Crippen LogP contribution in [0.5, 0.6) is 0 Å². The van der Waals surface area contributed by atoms with Crippen molar-refractivity contribution in [3.8, 4) is 44.5 Å². The van der Waals surface area contributed by atoms with Gasteiger partial charge in [0, 0.05) is 33.4 Å². The van der Waals surface area contributed by atoms with Crippen LogP contribution in [0.3, 0.4) is 0 Å². The summed E-state index contributed by atoms with van der Waals surface area (Å²) in [7, 11) is 0. The van der Waals surface area contributed by atoms with E-state index in [1.165, 1.54) is 54.9 Å². The lowest BCUT2D eigenvalue weighted by atomic mass is 9.85. The number of furan rings is 1. The predicted molar refractivity (Wildman–Crippen MR) is 245 cm³/mol. The van der Waals surface area contributed by atoms with Crippen LogP contribution in [0.4, 0.5) is 17.1 Å². The minimum atomic E-state index is 0.903. The molecule has 0 aliphatic rings. The van der Waals surface area contributed by atoms with E-state index in [4.69, 9.17) is 4.42 Å². The van der Waals surface area contributed by atoms with Crippen LogP contribution in [0.1, 0.15) is 0 Å². The Bertz CT molecular complexity index is 3260. The zero-order valence-electron chi connectivity index (χ0n) is 31.7. The van der Waals surface area contributed by atoms with E-state index in [2.05, 4.69) is 217 Å². The third kappa shape index (κ3) is 5.74. The SMILES string of the molecule is c1ccc(-c2cccc(N(c3ccc(-c4cccc5c4oc4ccccc45)cc3)c3ccc4c(c3)c(-c3ccccc3)c(-c3ccccc3)c3ccccc34)c2)cc1. The molecule has 0 saturated heterocycles. The molecule has 11 aromatic rings. The highest BCUT2D eigenvalue weighted by molar-refractivity contribution is 6.22. The van der Waals surface area contributed by atoms with Crippen molar-refractivity contribution < 1.29 is 4.42 Å². The van der Waals surface area contributed by atoms with E-state index < -0.39 is 0 Å². The summed E-state index contributed by atoms with van der Waals surface area (Å²) in [6.45, 7) is 0. The molecule has 0 atom stereocenters. The Morgan fingerprint density at radius 3 is 1.52 bits per heavy atom. The Hall–Kier alpha value is -7.68. The van der Waals surface area contributed by atoms with Gasteiger partial charge in [0.15, 0.2) is 0 Å². The normalized spacial score (nSPS) is 11.4. The number of hydrogen-bond acceptors (Lipinski definition) is 2. The van der Waals surface area contributed by atoms with Gasteiger partial charge in [0.05, 0.1) is 0 Å². The molecule has 0 unspecified atom stereocenters. The molecule has 0 radical (unpaired) electrons. The van der Waals surface area contributed by atoms with Crippen molar-refractivity contribution >= 4 is 60.5 Å². The fourth-order valence-corrected chi connectivity index (χ4v) is 8.79. The quantitative estimate of drug-likeness (QED) is 0.151. The smallest absolute Gasteiger partial charge is 0.143 e. The van der Waals surface area contributed by atoms with Crippen molar-refractivity contribution in [3.05, 3.63) is 224 Å². The van der Waals surface area contributed by atoms with Gasteiger partial charge in [-0.1, -0.05) is 182 Å². The Kier molecular flexibility index (Phi) is 8.19. The molecule has 0 aliphatic heterocycles. The van der Waals surface area contributed by atoms with Crippen molar-refractivity contribution in [2.45, 2.75) is 0 Å². The predicted octanol–water partition coefficient (Wildman–Crippen LogP) is 16.0. The van der Waals surface area contributed by atoms with Crippen LogP contribution in [-0.2, 0) is 0 Å². The maximum atomic E-state index is 6.46. The lowest BCUT2D eigenvalue weighted by molar-refractivity contribution is 0.670. The molecule has 0 spiro atoms. The van der Waals surface area contributed by atoms with Crippen molar-refractivity contribution in [3.63, 3.8) is 0 Å². The van der Waals surface area contributed by atoms with Crippen LogP contribution in [0, 0.1) is 0 Å². The Morgan fingerprint density at radius 2 is 0.793 bits per heavy atom. The van der Waals surface area contributed by atoms with E-state index in [0.29, 0.717) is 0 Å². The minimum absolute atomic E-state index is 0.903. The van der Waals surface area contributed by atoms with Gasteiger partial charge in [0.2, 0.25) is 0 Å². The van der Waals surface area contributed by atoms with Crippen LogP contribution in [0.25, 0.3) is 88.0 Å². The maximum absolute atomic E-state index is 6.46. The van der Waals surface area contributed by atoms with Crippen LogP contribution in [0.2, 0.25) is 0 Å². The summed E-state index contributed by atoms with van der Waals surface area (Å²) in [5.41, 5.74) is 14.4. The van der Waals surface area contributed by atoms with E-state index in [-0.39, 0.29) is 0 Å². The van der Waals surface area contributed by atoms with Crippen LogP contribution < -0.4 is 4.90 Å². The van der Waals surface area contributed by atoms with Gasteiger partial charge in [-0.25, -0.2) is 0 Å². The molecular weight excluding hydrogens is 703 g/mol. The zero-order valence-corrected chi connectivity index (χ0v) is 31.7. The van der Waals surface area contributed by atoms with Gasteiger partial charge in [0.25, 0.3) is 0 Å². The number of para-hydroxylation sites is 2. The number of rotatable bonds is 7. The van der Waals surface area contributed by atoms with E-state index in [9.17, 15) is 0 Å². The van der Waals surface area contributed by atoms with Crippen molar-refractivity contribution in [1.29, 1.82) is 0 Å². The third-order valence-electron chi connectivity index (χ3n) is 11.4. The van der Waals surface area contributed by atoms with Crippen LogP contribution in [-0.4, -0.2) is 0 Å². The summed E-state index contributed by atoms with van der Waals surface area (Å²) in [6, 6.07) is 80.7. The molecule has 58 heavy (non-hydrogen) atoms. The van der Waals surface area contributed by atoms with Crippen LogP contribution in [0.15, 0.2) is 229 Å². The lowest BCUT2D eigenvalue weighted by Gasteiger charge is -2.27. The maximum Gasteiger partial charge on any atom is 0.143 e. The summed E-state index contributed by atoms with van der Waals surface area (Å²) in [5.74, 6) is 0. The Labute approximate surface area is 337 Å². The van der Waals surface area contributed by atoms with Crippen molar-refractivity contribution in [1.82, 2.24) is 0 Å². The van der Waals surface area contributed by atoms with Gasteiger partial charge in [-0.3, -0.25) is 0 Å². The second kappa shape index (κ2) is 14.1. The first-order chi connectivity index (χ1) is 28.8. The monoisotopic (exact) mass is 739 g/mol. The summed E-state index contributed by atoms with van der Waals surface area (Å²) in [4.78, 5) is 2.39. The first-order valence-electron chi connectivity index (χ1n) is 19.8. The number of anilines is 3. The molecule has 0 amide bonds. The molecule has 272 valence electrons. The largest absolute Gasteiger partial charge is 0.455 e. The van der Waals surface area contributed by atoms with E-state index in [1.807, 2.05) is 12.1 Å². The summed E-state index contributed by atoms with van der Waals surface area (Å²) in [5, 5.41) is 7.18. The Morgan fingerprint density at radius 1 is 0.276 bits per heavy atom. The fourth-order valence-electron chi connectivity index (χ4n) is 8.79. The van der Waals surface area contributed by atoms with Gasteiger partial charge in [-0.05, 0) is 103 Å². The Balaban J connectivity index is 1.14. The minimum Gasteiger partial charge on any atom is -0.455 e. The molecule has 1 aromatic heterocycles. The average molecular weight is 740 g/mol. The molecule has 2 heteroatoms. The zero-order chi connectivity index (χ0) is 38.4. The van der Waals surface area contributed by atoms with Gasteiger partial charge in [-0.15, -0.1) is 0 Å². The van der Waals surface area contributed by atoms with Gasteiger partial charge in [0.1, 0.15) is 11.2 Å². The summed E-state index contributed by atoms with van der Waals surface area (Å²) in [6.07, 6.45) is 0. The molecule has 0 fully saturated rings. The second-order valence-corrected chi connectivity index (χ2v) is 14.8. The highest BCUT2D eigenvalue weighted by Crippen LogP contribution is 2.47. The highest BCUT2D eigenvalue weighted by Gasteiger charge is 2.21. The van der Waals surface area contributed by atoms with E-state index >= 15 is 0 Å². The number of hydrogen-bond donors (Lipinski definition) is 0. The molecule has 11 rings (SSSR count). The standard InChI is InChI=1S/C56H37NO/c1-4-16-38(17-5-1)42-22-14-23-44(36-42)57(43-32-30-39(31-33-43)46-27-15-28-51-49-25-12-13-29-53(49)58-56(46)51)45-34-35-48-47-24-10-11-26-50(47)54(40-18-6-2-7-19-40)55(52(48)37-45)41-20-8-3-9-21-41/h1-37H. The summed E-state index contributed by atoms with van der Waals surface area (Å²) >= 11 is 0. The third-order valence-corrected chi connectivity index (χ3v) is 11.4. The van der Waals surface area contributed by atoms with Crippen molar-refractivity contribution in [2.24, 2.45) is 0 Å². The summed E-state index contributed by atoms with van der Waals surface area (Å²) < 4.78 is 6.46. The fraction of sp³-hybridized carbons (Fsp3) is 0. The molecule has 0 bridgehead atoms. The number of nitrogens with zero attached hydrogens (tertiary/aromatic N) is 1. The average Bonchev–Trinajstić information content (AvgIpc) is 3.69. The molecule has 0 saturated carbocycles. The van der Waals surface area contributed by atoms with Gasteiger partial charge >= 0.3 is 0 Å². The first kappa shape index (κ1) is 33.6. The lowest BCUT2D eigenvalue weighted by Crippen LogP contribution is -2.10. The topological polar surface area (TPSA) is 16.4 Å². The highest BCUT2D eigenvalue weighted by atomic mass is 16.3. The van der Waals surface area contributed by atoms with Crippen LogP contribution >= 0.6 is 0 Å². The van der Waals surface area contributed by atoms with Crippen molar-refractivity contribution in [2.75, 3.05) is 4.90 Å². The van der Waals surface area contributed by atoms with E-state index in [1.54, 1.807) is 0 Å². The second-order valence-electron chi connectivity index (χ2n) is 14.8. The molecule has 0 N–H and O–H groups in total. The molecule has 0 aliphatic carbocycles. The number of benzene rings is 10. The first-order valence-corrected chi connectivity index (χ1v) is 19.8.